The first-order chi connectivity index (χ1) is 10.1. The Kier molecular flexibility index (Phi) is 3.57. The Morgan fingerprint density at radius 1 is 1.48 bits per heavy atom. The van der Waals surface area contributed by atoms with E-state index in [9.17, 15) is 4.79 Å². The molecule has 3 rings (SSSR count). The van der Waals surface area contributed by atoms with Crippen LogP contribution in [0, 0.1) is 0 Å². The third kappa shape index (κ3) is 2.73. The number of hydrogen-bond donors (Lipinski definition) is 2. The van der Waals surface area contributed by atoms with Crippen molar-refractivity contribution in [2.24, 2.45) is 0 Å². The van der Waals surface area contributed by atoms with Crippen molar-refractivity contribution in [1.29, 1.82) is 0 Å². The molecule has 0 aliphatic heterocycles. The fourth-order valence-electron chi connectivity index (χ4n) is 2.14. The maximum absolute atomic E-state index is 12.3. The third-order valence-electron chi connectivity index (χ3n) is 3.09. The van der Waals surface area contributed by atoms with E-state index in [1.54, 1.807) is 17.1 Å². The molecule has 0 bridgehead atoms. The number of nitrogens with two attached hydrogens (primary N) is 1. The predicted octanol–water partition coefficient (Wildman–Crippen LogP) is 1.89. The van der Waals surface area contributed by atoms with Crippen LogP contribution >= 0.6 is 11.3 Å². The Morgan fingerprint density at radius 3 is 3.05 bits per heavy atom. The van der Waals surface area contributed by atoms with E-state index < -0.39 is 0 Å². The van der Waals surface area contributed by atoms with E-state index in [2.05, 4.69) is 15.4 Å². The lowest BCUT2D eigenvalue weighted by Crippen LogP contribution is -2.35. The van der Waals surface area contributed by atoms with Gasteiger partial charge in [0.1, 0.15) is 10.4 Å². The van der Waals surface area contributed by atoms with Gasteiger partial charge in [0.05, 0.1) is 16.9 Å². The molecule has 0 saturated carbocycles. The van der Waals surface area contributed by atoms with Crippen molar-refractivity contribution in [1.82, 2.24) is 20.1 Å². The maximum Gasteiger partial charge on any atom is 0.263 e. The van der Waals surface area contributed by atoms with Crippen LogP contribution in [0.1, 0.15) is 16.6 Å². The van der Waals surface area contributed by atoms with Gasteiger partial charge in [-0.15, -0.1) is 11.3 Å². The van der Waals surface area contributed by atoms with Crippen molar-refractivity contribution >= 4 is 33.1 Å². The van der Waals surface area contributed by atoms with Crippen molar-refractivity contribution in [3.8, 4) is 0 Å². The number of hydrogen-bond acceptors (Lipinski definition) is 5. The largest absolute Gasteiger partial charge is 0.396 e. The minimum Gasteiger partial charge on any atom is -0.396 e. The first-order valence-corrected chi connectivity index (χ1v) is 7.38. The number of pyridine rings is 1. The minimum atomic E-state index is -0.171. The van der Waals surface area contributed by atoms with E-state index in [0.29, 0.717) is 22.6 Å². The Hall–Kier alpha value is -2.41. The molecule has 0 fully saturated rings. The van der Waals surface area contributed by atoms with Gasteiger partial charge >= 0.3 is 0 Å². The van der Waals surface area contributed by atoms with Crippen LogP contribution < -0.4 is 11.1 Å². The number of nitrogens with zero attached hydrogens (tertiary/aromatic N) is 3. The Bertz CT molecular complexity index is 765. The first-order valence-electron chi connectivity index (χ1n) is 6.56. The number of thiophene rings is 1. The highest BCUT2D eigenvalue weighted by molar-refractivity contribution is 7.21. The van der Waals surface area contributed by atoms with E-state index in [0.717, 1.165) is 4.70 Å². The van der Waals surface area contributed by atoms with Crippen LogP contribution in [-0.4, -0.2) is 26.7 Å². The molecular formula is C14H15N5OS. The average Bonchev–Trinajstić information content (AvgIpc) is 3.07. The van der Waals surface area contributed by atoms with Gasteiger partial charge in [-0.05, 0) is 25.1 Å². The molecule has 0 aliphatic rings. The van der Waals surface area contributed by atoms with E-state index in [4.69, 9.17) is 5.73 Å². The molecule has 1 amide bonds. The highest BCUT2D eigenvalue weighted by Crippen LogP contribution is 2.31. The van der Waals surface area contributed by atoms with Crippen molar-refractivity contribution < 1.29 is 4.79 Å². The monoisotopic (exact) mass is 301 g/mol. The molecule has 7 heteroatoms. The molecular weight excluding hydrogens is 286 g/mol. The van der Waals surface area contributed by atoms with Crippen molar-refractivity contribution in [2.75, 3.05) is 5.73 Å². The lowest BCUT2D eigenvalue weighted by atomic mass is 10.3. The lowest BCUT2D eigenvalue weighted by Gasteiger charge is -2.13. The predicted molar refractivity (Wildman–Crippen MR) is 83.2 cm³/mol. The molecule has 3 aromatic heterocycles. The number of aromatic nitrogens is 3. The van der Waals surface area contributed by atoms with E-state index in [-0.39, 0.29) is 11.9 Å². The topological polar surface area (TPSA) is 85.8 Å². The molecule has 0 radical (unpaired) electrons. The standard InChI is InChI=1S/C14H15N5OS/c1-9(8-19-7-3-6-17-19)18-14(20)13-11(15)12-10(21-13)4-2-5-16-12/h2-7,9H,8,15H2,1H3,(H,18,20). The number of amides is 1. The summed E-state index contributed by atoms with van der Waals surface area (Å²) in [6.07, 6.45) is 5.25. The van der Waals surface area contributed by atoms with Gasteiger partial charge in [-0.3, -0.25) is 14.5 Å². The van der Waals surface area contributed by atoms with Crippen LogP contribution in [0.2, 0.25) is 0 Å². The molecule has 3 aromatic rings. The van der Waals surface area contributed by atoms with Crippen molar-refractivity contribution in [3.05, 3.63) is 41.7 Å². The van der Waals surface area contributed by atoms with E-state index in [1.165, 1.54) is 11.3 Å². The molecule has 0 saturated heterocycles. The number of anilines is 1. The summed E-state index contributed by atoms with van der Waals surface area (Å²) in [7, 11) is 0. The second-order valence-corrected chi connectivity index (χ2v) is 5.85. The molecule has 1 unspecified atom stereocenters. The normalized spacial score (nSPS) is 12.4. The average molecular weight is 301 g/mol. The van der Waals surface area contributed by atoms with Gasteiger partial charge in [-0.1, -0.05) is 0 Å². The quantitative estimate of drug-likeness (QED) is 0.770. The second-order valence-electron chi connectivity index (χ2n) is 4.80. The van der Waals surface area contributed by atoms with Crippen molar-refractivity contribution in [3.63, 3.8) is 0 Å². The molecule has 108 valence electrons. The SMILES string of the molecule is CC(Cn1cccn1)NC(=O)c1sc2cccnc2c1N. The fraction of sp³-hybridized carbons (Fsp3) is 0.214. The van der Waals surface area contributed by atoms with Crippen LogP contribution in [0.4, 0.5) is 5.69 Å². The summed E-state index contributed by atoms with van der Waals surface area (Å²) in [4.78, 5) is 17.1. The highest BCUT2D eigenvalue weighted by Gasteiger charge is 2.18. The van der Waals surface area contributed by atoms with Gasteiger partial charge in [-0.25, -0.2) is 0 Å². The van der Waals surface area contributed by atoms with Gasteiger partial charge in [0.15, 0.2) is 0 Å². The van der Waals surface area contributed by atoms with Gasteiger partial charge in [-0.2, -0.15) is 5.10 Å². The second kappa shape index (κ2) is 5.53. The zero-order valence-corrected chi connectivity index (χ0v) is 12.3. The molecule has 3 heterocycles. The minimum absolute atomic E-state index is 0.0463. The molecule has 0 aromatic carbocycles. The first kappa shape index (κ1) is 13.6. The van der Waals surface area contributed by atoms with Crippen LogP contribution in [0.15, 0.2) is 36.8 Å². The Labute approximate surface area is 125 Å². The smallest absolute Gasteiger partial charge is 0.263 e. The van der Waals surface area contributed by atoms with E-state index in [1.807, 2.05) is 31.3 Å². The zero-order chi connectivity index (χ0) is 14.8. The van der Waals surface area contributed by atoms with Gasteiger partial charge < -0.3 is 11.1 Å². The van der Waals surface area contributed by atoms with Crippen LogP contribution in [0.25, 0.3) is 10.2 Å². The highest BCUT2D eigenvalue weighted by atomic mass is 32.1. The summed E-state index contributed by atoms with van der Waals surface area (Å²) < 4.78 is 2.70. The van der Waals surface area contributed by atoms with Crippen molar-refractivity contribution in [2.45, 2.75) is 19.5 Å². The molecule has 1 atom stereocenters. The molecule has 3 N–H and O–H groups in total. The number of nitrogens with one attached hydrogen (secondary N) is 1. The summed E-state index contributed by atoms with van der Waals surface area (Å²) in [6, 6.07) is 5.55. The zero-order valence-electron chi connectivity index (χ0n) is 11.5. The summed E-state index contributed by atoms with van der Waals surface area (Å²) in [6.45, 7) is 2.54. The third-order valence-corrected chi connectivity index (χ3v) is 4.25. The number of rotatable bonds is 4. The maximum atomic E-state index is 12.3. The molecule has 21 heavy (non-hydrogen) atoms. The van der Waals surface area contributed by atoms with Gasteiger partial charge in [0.2, 0.25) is 0 Å². The number of fused-ring (bicyclic) bond motifs is 1. The Balaban J connectivity index is 1.76. The van der Waals surface area contributed by atoms with Gasteiger partial charge in [0, 0.05) is 24.6 Å². The van der Waals surface area contributed by atoms with Gasteiger partial charge in [0.25, 0.3) is 5.91 Å². The number of carbonyl (C=O) groups is 1. The summed E-state index contributed by atoms with van der Waals surface area (Å²) in [5.74, 6) is -0.171. The number of nitrogen functional groups attached to an aromatic ring is 1. The number of carbonyl (C=O) groups excluding carboxylic acids is 1. The summed E-state index contributed by atoms with van der Waals surface area (Å²) in [5.41, 5.74) is 7.15. The molecule has 6 nitrogen and oxygen atoms in total. The Morgan fingerprint density at radius 2 is 2.33 bits per heavy atom. The lowest BCUT2D eigenvalue weighted by molar-refractivity contribution is 0.0941. The summed E-state index contributed by atoms with van der Waals surface area (Å²) >= 11 is 1.36. The van der Waals surface area contributed by atoms with Crippen LogP contribution in [0.3, 0.4) is 0 Å². The van der Waals surface area contributed by atoms with Crippen LogP contribution in [-0.2, 0) is 6.54 Å². The van der Waals surface area contributed by atoms with Crippen LogP contribution in [0.5, 0.6) is 0 Å². The van der Waals surface area contributed by atoms with E-state index >= 15 is 0 Å². The fourth-order valence-corrected chi connectivity index (χ4v) is 3.12. The molecule has 0 aliphatic carbocycles. The summed E-state index contributed by atoms with van der Waals surface area (Å²) in [5, 5.41) is 7.06. The molecule has 0 spiro atoms.